The molecule has 2 aromatic carbocycles. The summed E-state index contributed by atoms with van der Waals surface area (Å²) in [5, 5.41) is 4.85. The first-order chi connectivity index (χ1) is 16.1. The summed E-state index contributed by atoms with van der Waals surface area (Å²) in [7, 11) is 1.67. The number of rotatable bonds is 5. The highest BCUT2D eigenvalue weighted by Gasteiger charge is 2.42. The standard InChI is InChI=1S/C26H23ClN4OS/c1-17-6-15-23(30(17)19-11-13-21(32-2)14-12-19)25-24(22-5-3-4-16-28-22)29-26(33)31(25)20-9-7-18(27)8-10-20/h3-16,24-25H,1-2H3,(H,29,33)/t24-,25+/m0/s1. The van der Waals surface area contributed by atoms with Gasteiger partial charge in [-0.3, -0.25) is 4.98 Å². The summed E-state index contributed by atoms with van der Waals surface area (Å²) in [5.74, 6) is 0.822. The molecule has 1 aliphatic rings. The predicted molar refractivity (Wildman–Crippen MR) is 136 cm³/mol. The highest BCUT2D eigenvalue weighted by atomic mass is 35.5. The SMILES string of the molecule is COc1ccc(-n2c(C)ccc2[C@@H]2[C@H](c3ccccn3)NC(=S)N2c2ccc(Cl)cc2)cc1. The molecule has 3 heterocycles. The maximum Gasteiger partial charge on any atom is 0.174 e. The number of anilines is 1. The summed E-state index contributed by atoms with van der Waals surface area (Å²) >= 11 is 12.0. The third-order valence-corrected chi connectivity index (χ3v) is 6.51. The van der Waals surface area contributed by atoms with Crippen LogP contribution in [-0.4, -0.2) is 21.8 Å². The Balaban J connectivity index is 1.67. The zero-order valence-electron chi connectivity index (χ0n) is 18.3. The molecule has 0 spiro atoms. The second kappa shape index (κ2) is 8.89. The third-order valence-electron chi connectivity index (χ3n) is 5.94. The van der Waals surface area contributed by atoms with Crippen molar-refractivity contribution in [2.24, 2.45) is 0 Å². The molecular weight excluding hydrogens is 452 g/mol. The van der Waals surface area contributed by atoms with Gasteiger partial charge in [0.2, 0.25) is 0 Å². The van der Waals surface area contributed by atoms with E-state index in [0.717, 1.165) is 34.2 Å². The summed E-state index contributed by atoms with van der Waals surface area (Å²) < 4.78 is 7.62. The van der Waals surface area contributed by atoms with Crippen molar-refractivity contribution >= 4 is 34.6 Å². The topological polar surface area (TPSA) is 42.3 Å². The highest BCUT2D eigenvalue weighted by molar-refractivity contribution is 7.80. The van der Waals surface area contributed by atoms with Gasteiger partial charge in [-0.15, -0.1) is 0 Å². The number of pyridine rings is 1. The van der Waals surface area contributed by atoms with Crippen LogP contribution in [0, 0.1) is 6.92 Å². The van der Waals surface area contributed by atoms with Crippen LogP contribution in [0.15, 0.2) is 85.1 Å². The Morgan fingerprint density at radius 1 is 0.939 bits per heavy atom. The lowest BCUT2D eigenvalue weighted by atomic mass is 10.0. The normalized spacial score (nSPS) is 17.8. The fraction of sp³-hybridized carbons (Fsp3) is 0.154. The van der Waals surface area contributed by atoms with Crippen molar-refractivity contribution in [1.29, 1.82) is 0 Å². The van der Waals surface area contributed by atoms with Crippen LogP contribution in [0.5, 0.6) is 5.75 Å². The molecule has 0 radical (unpaired) electrons. The lowest BCUT2D eigenvalue weighted by Gasteiger charge is -2.29. The number of ether oxygens (including phenoxy) is 1. The van der Waals surface area contributed by atoms with E-state index in [0.29, 0.717) is 10.1 Å². The Labute approximate surface area is 203 Å². The second-order valence-electron chi connectivity index (χ2n) is 7.91. The monoisotopic (exact) mass is 474 g/mol. The molecule has 0 bridgehead atoms. The number of aromatic nitrogens is 2. The Hall–Kier alpha value is -3.35. The minimum atomic E-state index is -0.124. The van der Waals surface area contributed by atoms with Crippen molar-refractivity contribution in [1.82, 2.24) is 14.9 Å². The predicted octanol–water partition coefficient (Wildman–Crippen LogP) is 6.02. The first-order valence-corrected chi connectivity index (χ1v) is 11.4. The lowest BCUT2D eigenvalue weighted by Crippen LogP contribution is -2.30. The van der Waals surface area contributed by atoms with Gasteiger partial charge in [0, 0.05) is 34.0 Å². The number of hydrogen-bond donors (Lipinski definition) is 1. The second-order valence-corrected chi connectivity index (χ2v) is 8.73. The van der Waals surface area contributed by atoms with Gasteiger partial charge < -0.3 is 19.5 Å². The average molecular weight is 475 g/mol. The van der Waals surface area contributed by atoms with E-state index in [9.17, 15) is 0 Å². The molecule has 0 unspecified atom stereocenters. The first kappa shape index (κ1) is 21.5. The number of hydrogen-bond acceptors (Lipinski definition) is 3. The molecule has 1 fully saturated rings. The molecule has 4 aromatic rings. The van der Waals surface area contributed by atoms with Crippen molar-refractivity contribution in [3.8, 4) is 11.4 Å². The maximum absolute atomic E-state index is 6.17. The Bertz CT molecular complexity index is 1270. The van der Waals surface area contributed by atoms with Crippen LogP contribution < -0.4 is 15.0 Å². The number of halogens is 1. The minimum Gasteiger partial charge on any atom is -0.497 e. The molecule has 7 heteroatoms. The van der Waals surface area contributed by atoms with Crippen LogP contribution in [0.4, 0.5) is 5.69 Å². The molecule has 1 aliphatic heterocycles. The number of nitrogens with one attached hydrogen (secondary N) is 1. The van der Waals surface area contributed by atoms with Crippen molar-refractivity contribution in [3.63, 3.8) is 0 Å². The molecule has 0 saturated carbocycles. The molecule has 1 N–H and O–H groups in total. The molecule has 2 atom stereocenters. The van der Waals surface area contributed by atoms with Crippen molar-refractivity contribution < 1.29 is 4.74 Å². The van der Waals surface area contributed by atoms with Crippen molar-refractivity contribution in [2.45, 2.75) is 19.0 Å². The van der Waals surface area contributed by atoms with E-state index in [2.05, 4.69) is 51.0 Å². The number of methoxy groups -OCH3 is 1. The van der Waals surface area contributed by atoms with E-state index in [4.69, 9.17) is 28.6 Å². The van der Waals surface area contributed by atoms with Gasteiger partial charge in [0.05, 0.1) is 18.8 Å². The first-order valence-electron chi connectivity index (χ1n) is 10.7. The molecule has 5 rings (SSSR count). The molecule has 0 amide bonds. The minimum absolute atomic E-state index is 0.121. The average Bonchev–Trinajstić information content (AvgIpc) is 3.39. The van der Waals surface area contributed by atoms with Crippen LogP contribution >= 0.6 is 23.8 Å². The summed E-state index contributed by atoms with van der Waals surface area (Å²) in [6.07, 6.45) is 1.82. The smallest absolute Gasteiger partial charge is 0.174 e. The largest absolute Gasteiger partial charge is 0.497 e. The van der Waals surface area contributed by atoms with Crippen molar-refractivity contribution in [2.75, 3.05) is 12.0 Å². The Morgan fingerprint density at radius 2 is 1.67 bits per heavy atom. The molecule has 0 aliphatic carbocycles. The Kier molecular flexibility index (Phi) is 5.79. The van der Waals surface area contributed by atoms with E-state index in [-0.39, 0.29) is 12.1 Å². The third kappa shape index (κ3) is 3.96. The number of nitrogens with zero attached hydrogens (tertiary/aromatic N) is 3. The zero-order valence-corrected chi connectivity index (χ0v) is 19.8. The van der Waals surface area contributed by atoms with E-state index >= 15 is 0 Å². The van der Waals surface area contributed by atoms with Crippen LogP contribution in [0.2, 0.25) is 5.02 Å². The number of aryl methyl sites for hydroxylation is 1. The number of benzene rings is 2. The Morgan fingerprint density at radius 3 is 2.33 bits per heavy atom. The number of thiocarbonyl (C=S) groups is 1. The van der Waals surface area contributed by atoms with Gasteiger partial charge in [0.25, 0.3) is 0 Å². The van der Waals surface area contributed by atoms with E-state index in [1.54, 1.807) is 7.11 Å². The lowest BCUT2D eigenvalue weighted by molar-refractivity contribution is 0.414. The van der Waals surface area contributed by atoms with Gasteiger partial charge >= 0.3 is 0 Å². The van der Waals surface area contributed by atoms with Gasteiger partial charge in [0.1, 0.15) is 11.8 Å². The molecule has 2 aromatic heterocycles. The summed E-state index contributed by atoms with van der Waals surface area (Å²) in [6, 6.07) is 25.9. The van der Waals surface area contributed by atoms with E-state index in [1.165, 1.54) is 0 Å². The quantitative estimate of drug-likeness (QED) is 0.358. The summed E-state index contributed by atoms with van der Waals surface area (Å²) in [6.45, 7) is 2.11. The molecular formula is C26H23ClN4OS. The van der Waals surface area contributed by atoms with Gasteiger partial charge in [0.15, 0.2) is 5.11 Å². The van der Waals surface area contributed by atoms with Crippen LogP contribution in [-0.2, 0) is 0 Å². The van der Waals surface area contributed by atoms with Crippen LogP contribution in [0.3, 0.4) is 0 Å². The van der Waals surface area contributed by atoms with Crippen LogP contribution in [0.1, 0.15) is 29.2 Å². The van der Waals surface area contributed by atoms with E-state index < -0.39 is 0 Å². The van der Waals surface area contributed by atoms with Gasteiger partial charge in [-0.05, 0) is 91.9 Å². The van der Waals surface area contributed by atoms with Gasteiger partial charge in [-0.25, -0.2) is 0 Å². The summed E-state index contributed by atoms with van der Waals surface area (Å²) in [4.78, 5) is 6.80. The van der Waals surface area contributed by atoms with Gasteiger partial charge in [-0.2, -0.15) is 0 Å². The maximum atomic E-state index is 6.17. The van der Waals surface area contributed by atoms with Crippen LogP contribution in [0.25, 0.3) is 5.69 Å². The fourth-order valence-corrected chi connectivity index (χ4v) is 4.88. The molecule has 166 valence electrons. The van der Waals surface area contributed by atoms with E-state index in [1.807, 2.05) is 60.8 Å². The van der Waals surface area contributed by atoms with Gasteiger partial charge in [-0.1, -0.05) is 17.7 Å². The fourth-order valence-electron chi connectivity index (χ4n) is 4.41. The summed E-state index contributed by atoms with van der Waals surface area (Å²) in [5.41, 5.74) is 5.20. The highest BCUT2D eigenvalue weighted by Crippen LogP contribution is 2.43. The molecule has 1 saturated heterocycles. The molecule has 33 heavy (non-hydrogen) atoms. The molecule has 5 nitrogen and oxygen atoms in total. The zero-order chi connectivity index (χ0) is 22.9. The van der Waals surface area contributed by atoms with Crippen molar-refractivity contribution in [3.05, 3.63) is 107 Å².